The van der Waals surface area contributed by atoms with E-state index in [2.05, 4.69) is 0 Å². The fourth-order valence-corrected chi connectivity index (χ4v) is 5.04. The molecule has 0 amide bonds. The van der Waals surface area contributed by atoms with Gasteiger partial charge in [0.05, 0.1) is 16.9 Å². The van der Waals surface area contributed by atoms with Crippen LogP contribution in [-0.2, 0) is 16.4 Å². The first-order valence-electron chi connectivity index (χ1n) is 8.31. The summed E-state index contributed by atoms with van der Waals surface area (Å²) in [6.07, 6.45) is 2.17. The number of nitro benzene ring substituents is 1. The lowest BCUT2D eigenvalue weighted by Crippen LogP contribution is -2.36. The van der Waals surface area contributed by atoms with E-state index in [1.54, 1.807) is 0 Å². The Morgan fingerprint density at radius 1 is 1.23 bits per heavy atom. The second-order valence-corrected chi connectivity index (χ2v) is 8.08. The highest BCUT2D eigenvalue weighted by atomic mass is 32.2. The summed E-state index contributed by atoms with van der Waals surface area (Å²) in [5, 5.41) is 11.2. The molecule has 26 heavy (non-hydrogen) atoms. The fourth-order valence-electron chi connectivity index (χ4n) is 3.32. The summed E-state index contributed by atoms with van der Waals surface area (Å²) in [5.74, 6) is 0.0382. The molecule has 0 saturated carbocycles. The smallest absolute Gasteiger partial charge is 0.312 e. The average molecular weight is 376 g/mol. The molecule has 1 saturated heterocycles. The zero-order valence-corrected chi connectivity index (χ0v) is 15.2. The van der Waals surface area contributed by atoms with Crippen LogP contribution < -0.4 is 4.74 Å². The summed E-state index contributed by atoms with van der Waals surface area (Å²) in [4.78, 5) is 10.5. The first-order valence-corrected chi connectivity index (χ1v) is 9.75. The van der Waals surface area contributed by atoms with Crippen molar-refractivity contribution in [2.45, 2.75) is 30.2 Å². The van der Waals surface area contributed by atoms with E-state index in [1.165, 1.54) is 23.5 Å². The molecule has 138 valence electrons. The third kappa shape index (κ3) is 3.56. The Labute approximate surface area is 152 Å². The molecule has 8 heteroatoms. The van der Waals surface area contributed by atoms with Gasteiger partial charge < -0.3 is 4.74 Å². The zero-order chi connectivity index (χ0) is 18.7. The molecule has 1 aliphatic heterocycles. The van der Waals surface area contributed by atoms with Gasteiger partial charge in [0.1, 0.15) is 0 Å². The van der Waals surface area contributed by atoms with Gasteiger partial charge in [-0.3, -0.25) is 10.1 Å². The van der Waals surface area contributed by atoms with Crippen LogP contribution in [-0.4, -0.2) is 37.3 Å². The van der Waals surface area contributed by atoms with Crippen molar-refractivity contribution in [1.29, 1.82) is 0 Å². The number of hydrogen-bond acceptors (Lipinski definition) is 5. The molecule has 3 rings (SSSR count). The summed E-state index contributed by atoms with van der Waals surface area (Å²) in [5.41, 5.74) is 0.715. The van der Waals surface area contributed by atoms with Crippen molar-refractivity contribution >= 4 is 15.7 Å². The predicted octanol–water partition coefficient (Wildman–Crippen LogP) is 3.00. The van der Waals surface area contributed by atoms with E-state index in [4.69, 9.17) is 4.74 Å². The molecule has 7 nitrogen and oxygen atoms in total. The lowest BCUT2D eigenvalue weighted by atomic mass is 10.1. The number of nitro groups is 1. The van der Waals surface area contributed by atoms with Crippen molar-refractivity contribution < 1.29 is 18.1 Å². The fraction of sp³-hybridized carbons (Fsp3) is 0.333. The SMILES string of the molecule is COc1ccc(S(=O)(=O)N2CCC[C@@H]2Cc2ccccc2)cc1[N+](=O)[O-]. The maximum atomic E-state index is 13.1. The maximum absolute atomic E-state index is 13.1. The zero-order valence-electron chi connectivity index (χ0n) is 14.4. The minimum Gasteiger partial charge on any atom is -0.490 e. The number of nitrogens with zero attached hydrogens (tertiary/aromatic N) is 2. The minimum absolute atomic E-state index is 0.0382. The van der Waals surface area contributed by atoms with Crippen molar-refractivity contribution in [1.82, 2.24) is 4.31 Å². The quantitative estimate of drug-likeness (QED) is 0.571. The molecule has 1 atom stereocenters. The molecule has 2 aromatic rings. The van der Waals surface area contributed by atoms with Crippen LogP contribution in [0.25, 0.3) is 0 Å². The standard InChI is InChI=1S/C18H20N2O5S/c1-25-18-10-9-16(13-17(18)20(21)22)26(23,24)19-11-5-8-15(19)12-14-6-3-2-4-7-14/h2-4,6-7,9-10,13,15H,5,8,11-12H2,1H3/t15-/m1/s1. The Kier molecular flexibility index (Phi) is 5.24. The molecule has 1 heterocycles. The molecule has 0 aliphatic carbocycles. The van der Waals surface area contributed by atoms with E-state index in [9.17, 15) is 18.5 Å². The normalized spacial score (nSPS) is 18.0. The number of ether oxygens (including phenoxy) is 1. The molecule has 0 bridgehead atoms. The number of hydrogen-bond donors (Lipinski definition) is 0. The molecule has 0 radical (unpaired) electrons. The number of sulfonamides is 1. The summed E-state index contributed by atoms with van der Waals surface area (Å²) in [6.45, 7) is 0.416. The van der Waals surface area contributed by atoms with Gasteiger partial charge in [0, 0.05) is 18.7 Å². The van der Waals surface area contributed by atoms with Crippen LogP contribution in [0.5, 0.6) is 5.75 Å². The van der Waals surface area contributed by atoms with Crippen LogP contribution in [0.15, 0.2) is 53.4 Å². The molecule has 0 aromatic heterocycles. The van der Waals surface area contributed by atoms with Crippen LogP contribution in [0, 0.1) is 10.1 Å². The van der Waals surface area contributed by atoms with Crippen molar-refractivity contribution in [2.75, 3.05) is 13.7 Å². The highest BCUT2D eigenvalue weighted by Crippen LogP contribution is 2.33. The Bertz CT molecular complexity index is 899. The van der Waals surface area contributed by atoms with Crippen LogP contribution in [0.4, 0.5) is 5.69 Å². The number of methoxy groups -OCH3 is 1. The summed E-state index contributed by atoms with van der Waals surface area (Å²) in [6, 6.07) is 13.3. The van der Waals surface area contributed by atoms with Gasteiger partial charge in [0.2, 0.25) is 10.0 Å². The van der Waals surface area contributed by atoms with Crippen molar-refractivity contribution in [3.63, 3.8) is 0 Å². The van der Waals surface area contributed by atoms with Gasteiger partial charge in [0.25, 0.3) is 0 Å². The van der Waals surface area contributed by atoms with E-state index in [-0.39, 0.29) is 22.4 Å². The molecule has 2 aromatic carbocycles. The van der Waals surface area contributed by atoms with E-state index in [0.717, 1.165) is 24.5 Å². The Morgan fingerprint density at radius 2 is 1.96 bits per heavy atom. The first-order chi connectivity index (χ1) is 12.4. The summed E-state index contributed by atoms with van der Waals surface area (Å²) < 4.78 is 32.6. The predicted molar refractivity (Wildman–Crippen MR) is 96.7 cm³/mol. The van der Waals surface area contributed by atoms with Gasteiger partial charge in [-0.25, -0.2) is 8.42 Å². The molecule has 1 aliphatic rings. The van der Waals surface area contributed by atoms with Crippen molar-refractivity contribution in [3.05, 3.63) is 64.2 Å². The Hall–Kier alpha value is -2.45. The molecular formula is C18H20N2O5S. The third-order valence-electron chi connectivity index (χ3n) is 4.59. The average Bonchev–Trinajstić information content (AvgIpc) is 3.11. The first kappa shape index (κ1) is 18.3. The monoisotopic (exact) mass is 376 g/mol. The van der Waals surface area contributed by atoms with Crippen LogP contribution in [0.2, 0.25) is 0 Å². The highest BCUT2D eigenvalue weighted by molar-refractivity contribution is 7.89. The van der Waals surface area contributed by atoms with Crippen LogP contribution in [0.3, 0.4) is 0 Å². The minimum atomic E-state index is -3.82. The lowest BCUT2D eigenvalue weighted by Gasteiger charge is -2.24. The van der Waals surface area contributed by atoms with Gasteiger partial charge >= 0.3 is 5.69 Å². The third-order valence-corrected chi connectivity index (χ3v) is 6.54. The highest BCUT2D eigenvalue weighted by Gasteiger charge is 2.36. The van der Waals surface area contributed by atoms with Gasteiger partial charge in [-0.2, -0.15) is 4.31 Å². The second kappa shape index (κ2) is 7.43. The number of benzene rings is 2. The van der Waals surface area contributed by atoms with Gasteiger partial charge in [0.15, 0.2) is 5.75 Å². The Morgan fingerprint density at radius 3 is 2.62 bits per heavy atom. The van der Waals surface area contributed by atoms with Crippen LogP contribution >= 0.6 is 0 Å². The van der Waals surface area contributed by atoms with Crippen molar-refractivity contribution in [2.24, 2.45) is 0 Å². The van der Waals surface area contributed by atoms with E-state index in [1.807, 2.05) is 30.3 Å². The van der Waals surface area contributed by atoms with Crippen molar-refractivity contribution in [3.8, 4) is 5.75 Å². The van der Waals surface area contributed by atoms with Gasteiger partial charge in [-0.05, 0) is 37.0 Å². The molecular weight excluding hydrogens is 356 g/mol. The van der Waals surface area contributed by atoms with E-state index < -0.39 is 14.9 Å². The van der Waals surface area contributed by atoms with E-state index in [0.29, 0.717) is 13.0 Å². The lowest BCUT2D eigenvalue weighted by molar-refractivity contribution is -0.386. The van der Waals surface area contributed by atoms with E-state index >= 15 is 0 Å². The maximum Gasteiger partial charge on any atom is 0.312 e. The largest absolute Gasteiger partial charge is 0.490 e. The summed E-state index contributed by atoms with van der Waals surface area (Å²) >= 11 is 0. The number of rotatable bonds is 6. The molecule has 0 spiro atoms. The van der Waals surface area contributed by atoms with Gasteiger partial charge in [-0.1, -0.05) is 30.3 Å². The Balaban J connectivity index is 1.91. The molecule has 1 fully saturated rings. The molecule has 0 unspecified atom stereocenters. The van der Waals surface area contributed by atoms with Crippen LogP contribution in [0.1, 0.15) is 18.4 Å². The summed E-state index contributed by atoms with van der Waals surface area (Å²) in [7, 11) is -2.50. The topological polar surface area (TPSA) is 89.8 Å². The molecule has 0 N–H and O–H groups in total. The second-order valence-electron chi connectivity index (χ2n) is 6.19. The van der Waals surface area contributed by atoms with Gasteiger partial charge in [-0.15, -0.1) is 0 Å².